The van der Waals surface area contributed by atoms with E-state index < -0.39 is 0 Å². The summed E-state index contributed by atoms with van der Waals surface area (Å²) in [4.78, 5) is 7.69. The van der Waals surface area contributed by atoms with Crippen LogP contribution in [0, 0.1) is 11.6 Å². The molecule has 0 bridgehead atoms. The Hall–Kier alpha value is -1.88. The van der Waals surface area contributed by atoms with E-state index in [-0.39, 0.29) is 0 Å². The molecule has 5 heteroatoms. The van der Waals surface area contributed by atoms with Gasteiger partial charge in [0.05, 0.1) is 19.9 Å². The number of rotatable bonds is 4. The Balaban J connectivity index is 2.67. The van der Waals surface area contributed by atoms with Crippen LogP contribution in [0.4, 0.5) is 0 Å². The lowest BCUT2D eigenvalue weighted by molar-refractivity contribution is 0.394. The van der Waals surface area contributed by atoms with Crippen LogP contribution in [0.2, 0.25) is 0 Å². The molecule has 0 fully saturated rings. The Morgan fingerprint density at radius 1 is 1.15 bits per heavy atom. The molecule has 0 radical (unpaired) electrons. The number of hydrogen-bond donors (Lipinski definition) is 1. The van der Waals surface area contributed by atoms with E-state index in [4.69, 9.17) is 21.7 Å². The Labute approximate surface area is 123 Å². The van der Waals surface area contributed by atoms with Crippen molar-refractivity contribution in [3.8, 4) is 22.8 Å². The molecule has 0 aliphatic rings. The summed E-state index contributed by atoms with van der Waals surface area (Å²) in [5, 5.41) is 0. The van der Waals surface area contributed by atoms with E-state index in [1.54, 1.807) is 14.2 Å². The molecule has 0 atom stereocenters. The predicted molar refractivity (Wildman–Crippen MR) is 82.1 cm³/mol. The van der Waals surface area contributed by atoms with Gasteiger partial charge in [0, 0.05) is 23.6 Å². The molecule has 20 heavy (non-hydrogen) atoms. The zero-order valence-corrected chi connectivity index (χ0v) is 12.9. The van der Waals surface area contributed by atoms with Gasteiger partial charge in [-0.25, -0.2) is 4.98 Å². The third kappa shape index (κ3) is 2.82. The molecule has 0 unspecified atom stereocenters. The maximum Gasteiger partial charge on any atom is 0.133 e. The van der Waals surface area contributed by atoms with Crippen molar-refractivity contribution in [3.63, 3.8) is 0 Å². The Morgan fingerprint density at radius 3 is 2.25 bits per heavy atom. The topological polar surface area (TPSA) is 47.1 Å². The molecule has 1 aromatic carbocycles. The maximum absolute atomic E-state index is 5.32. The molecule has 0 spiro atoms. The summed E-state index contributed by atoms with van der Waals surface area (Å²) in [5.41, 5.74) is 2.88. The van der Waals surface area contributed by atoms with E-state index in [1.807, 2.05) is 32.0 Å². The van der Waals surface area contributed by atoms with E-state index >= 15 is 0 Å². The van der Waals surface area contributed by atoms with Crippen LogP contribution < -0.4 is 9.47 Å². The molecular weight excluding hydrogens is 272 g/mol. The van der Waals surface area contributed by atoms with E-state index in [0.29, 0.717) is 4.64 Å². The summed E-state index contributed by atoms with van der Waals surface area (Å²) in [6.45, 7) is 4.01. The van der Waals surface area contributed by atoms with Gasteiger partial charge in [-0.05, 0) is 19.1 Å². The van der Waals surface area contributed by atoms with Gasteiger partial charge >= 0.3 is 0 Å². The van der Waals surface area contributed by atoms with Gasteiger partial charge in [-0.2, -0.15) is 0 Å². The first-order valence-electron chi connectivity index (χ1n) is 6.42. The fraction of sp³-hybridized carbons (Fsp3) is 0.333. The number of hydrogen-bond acceptors (Lipinski definition) is 4. The highest BCUT2D eigenvalue weighted by Gasteiger charge is 2.10. The van der Waals surface area contributed by atoms with Crippen molar-refractivity contribution in [3.05, 3.63) is 34.2 Å². The van der Waals surface area contributed by atoms with E-state index in [1.165, 1.54) is 0 Å². The van der Waals surface area contributed by atoms with Gasteiger partial charge in [-0.3, -0.25) is 0 Å². The van der Waals surface area contributed by atoms with Gasteiger partial charge in [-0.1, -0.05) is 19.1 Å². The van der Waals surface area contributed by atoms with Gasteiger partial charge in [0.25, 0.3) is 0 Å². The Kier molecular flexibility index (Phi) is 4.39. The summed E-state index contributed by atoms with van der Waals surface area (Å²) in [7, 11) is 3.27. The molecule has 0 saturated carbocycles. The molecule has 2 aromatic rings. The number of nitrogens with one attached hydrogen (secondary N) is 1. The number of methoxy groups -OCH3 is 2. The smallest absolute Gasteiger partial charge is 0.133 e. The molecule has 0 amide bonds. The first-order chi connectivity index (χ1) is 9.58. The highest BCUT2D eigenvalue weighted by atomic mass is 32.1. The van der Waals surface area contributed by atoms with Gasteiger partial charge in [0.2, 0.25) is 0 Å². The highest BCUT2D eigenvalue weighted by molar-refractivity contribution is 7.71. The average molecular weight is 290 g/mol. The molecule has 106 valence electrons. The number of benzene rings is 1. The second kappa shape index (κ2) is 6.05. The van der Waals surface area contributed by atoms with Crippen LogP contribution in [0.15, 0.2) is 18.2 Å². The van der Waals surface area contributed by atoms with Crippen molar-refractivity contribution >= 4 is 12.2 Å². The van der Waals surface area contributed by atoms with Crippen LogP contribution >= 0.6 is 12.2 Å². The molecule has 2 rings (SSSR count). The molecule has 1 aromatic heterocycles. The highest BCUT2D eigenvalue weighted by Crippen LogP contribution is 2.30. The first-order valence-corrected chi connectivity index (χ1v) is 6.83. The predicted octanol–water partition coefficient (Wildman–Crippen LogP) is 3.69. The lowest BCUT2D eigenvalue weighted by Crippen LogP contribution is -2.00. The Bertz CT molecular complexity index is 658. The standard InChI is InChI=1S/C15H18N2O2S/c1-5-13-16-14(9(2)15(20)17-13)10-6-11(18-3)8-12(7-10)19-4/h6-8H,5H2,1-4H3,(H,16,17,20). The van der Waals surface area contributed by atoms with Crippen molar-refractivity contribution in [2.75, 3.05) is 14.2 Å². The minimum Gasteiger partial charge on any atom is -0.497 e. The van der Waals surface area contributed by atoms with Crippen LogP contribution in [0.5, 0.6) is 11.5 Å². The fourth-order valence-electron chi connectivity index (χ4n) is 1.99. The van der Waals surface area contributed by atoms with Crippen LogP contribution in [0.25, 0.3) is 11.3 Å². The third-order valence-electron chi connectivity index (χ3n) is 3.18. The number of aromatic nitrogens is 2. The van der Waals surface area contributed by atoms with Gasteiger partial charge < -0.3 is 14.5 Å². The summed E-state index contributed by atoms with van der Waals surface area (Å²) >= 11 is 5.32. The molecule has 4 nitrogen and oxygen atoms in total. The molecule has 0 saturated heterocycles. The normalized spacial score (nSPS) is 10.4. The van der Waals surface area contributed by atoms with Crippen molar-refractivity contribution in [2.45, 2.75) is 20.3 Å². The largest absolute Gasteiger partial charge is 0.497 e. The molecular formula is C15H18N2O2S. The van der Waals surface area contributed by atoms with Crippen LogP contribution in [0.1, 0.15) is 18.3 Å². The monoisotopic (exact) mass is 290 g/mol. The number of aryl methyl sites for hydroxylation is 1. The molecule has 1 heterocycles. The zero-order chi connectivity index (χ0) is 14.7. The van der Waals surface area contributed by atoms with Crippen molar-refractivity contribution < 1.29 is 9.47 Å². The molecule has 1 N–H and O–H groups in total. The minimum atomic E-state index is 0.623. The first kappa shape index (κ1) is 14.5. The number of ether oxygens (including phenoxy) is 2. The second-order valence-corrected chi connectivity index (χ2v) is 4.83. The van der Waals surface area contributed by atoms with Crippen molar-refractivity contribution in [2.24, 2.45) is 0 Å². The fourth-order valence-corrected chi connectivity index (χ4v) is 2.20. The quantitative estimate of drug-likeness (QED) is 0.872. The van der Waals surface area contributed by atoms with Crippen LogP contribution in [-0.2, 0) is 6.42 Å². The number of H-pyrrole nitrogens is 1. The summed E-state index contributed by atoms with van der Waals surface area (Å²) in [6, 6.07) is 5.75. The lowest BCUT2D eigenvalue weighted by Gasteiger charge is -2.12. The maximum atomic E-state index is 5.32. The number of nitrogens with zero attached hydrogens (tertiary/aromatic N) is 1. The van der Waals surface area contributed by atoms with E-state index in [0.717, 1.165) is 40.6 Å². The molecule has 0 aliphatic carbocycles. The van der Waals surface area contributed by atoms with Crippen LogP contribution in [0.3, 0.4) is 0 Å². The average Bonchev–Trinajstić information content (AvgIpc) is 2.49. The van der Waals surface area contributed by atoms with Crippen LogP contribution in [-0.4, -0.2) is 24.2 Å². The third-order valence-corrected chi connectivity index (χ3v) is 3.57. The SMILES string of the molecule is CCc1nc(=S)c(C)c(-c2cc(OC)cc(OC)c2)[nH]1. The van der Waals surface area contributed by atoms with E-state index in [2.05, 4.69) is 9.97 Å². The summed E-state index contributed by atoms with van der Waals surface area (Å²) in [6.07, 6.45) is 0.804. The van der Waals surface area contributed by atoms with E-state index in [9.17, 15) is 0 Å². The number of aromatic amines is 1. The van der Waals surface area contributed by atoms with Gasteiger partial charge in [-0.15, -0.1) is 0 Å². The lowest BCUT2D eigenvalue weighted by atomic mass is 10.1. The van der Waals surface area contributed by atoms with Crippen molar-refractivity contribution in [1.82, 2.24) is 9.97 Å². The summed E-state index contributed by atoms with van der Waals surface area (Å²) in [5.74, 6) is 2.36. The minimum absolute atomic E-state index is 0.623. The Morgan fingerprint density at radius 2 is 1.75 bits per heavy atom. The van der Waals surface area contributed by atoms with Gasteiger partial charge in [0.1, 0.15) is 22.0 Å². The van der Waals surface area contributed by atoms with Gasteiger partial charge in [0.15, 0.2) is 0 Å². The zero-order valence-electron chi connectivity index (χ0n) is 12.1. The molecule has 0 aliphatic heterocycles. The summed E-state index contributed by atoms with van der Waals surface area (Å²) < 4.78 is 11.2. The van der Waals surface area contributed by atoms with Crippen molar-refractivity contribution in [1.29, 1.82) is 0 Å². The second-order valence-electron chi connectivity index (χ2n) is 4.44.